The van der Waals surface area contributed by atoms with Crippen LogP contribution in [0.1, 0.15) is 29.3 Å². The number of carbonyl (C=O) groups excluding carboxylic acids is 2. The smallest absolute Gasteiger partial charge is 0.253 e. The lowest BCUT2D eigenvalue weighted by Crippen LogP contribution is -2.36. The van der Waals surface area contributed by atoms with E-state index in [0.717, 1.165) is 5.56 Å². The van der Waals surface area contributed by atoms with Crippen LogP contribution in [0.2, 0.25) is 0 Å². The third kappa shape index (κ3) is 3.79. The largest absolute Gasteiger partial charge is 0.398 e. The number of carbonyl (C=O) groups is 2. The molecule has 0 aliphatic rings. The van der Waals surface area contributed by atoms with E-state index in [1.165, 1.54) is 0 Å². The molecule has 0 spiro atoms. The van der Waals surface area contributed by atoms with E-state index in [1.54, 1.807) is 19.1 Å². The standard InChI is InChI=1S/C12H17N3O2/c1-7-3-4-10(13)9(5-7)12(17)15-8(2)6-11(14)16/h3-5,8H,6,13H2,1-2H3,(H2,14,16)(H,15,17). The van der Waals surface area contributed by atoms with Crippen LogP contribution >= 0.6 is 0 Å². The lowest BCUT2D eigenvalue weighted by atomic mass is 10.1. The van der Waals surface area contributed by atoms with Crippen molar-refractivity contribution in [2.75, 3.05) is 5.73 Å². The van der Waals surface area contributed by atoms with Crippen LogP contribution in [-0.4, -0.2) is 17.9 Å². The Kier molecular flexibility index (Phi) is 4.09. The number of nitrogens with one attached hydrogen (secondary N) is 1. The van der Waals surface area contributed by atoms with Crippen LogP contribution in [0.3, 0.4) is 0 Å². The monoisotopic (exact) mass is 235 g/mol. The van der Waals surface area contributed by atoms with Crippen LogP contribution < -0.4 is 16.8 Å². The molecule has 0 aromatic heterocycles. The van der Waals surface area contributed by atoms with E-state index in [0.29, 0.717) is 11.3 Å². The number of hydrogen-bond acceptors (Lipinski definition) is 3. The molecule has 92 valence electrons. The van der Waals surface area contributed by atoms with Gasteiger partial charge in [-0.3, -0.25) is 9.59 Å². The lowest BCUT2D eigenvalue weighted by Gasteiger charge is -2.13. The first kappa shape index (κ1) is 13.0. The molecule has 1 aromatic rings. The predicted octanol–water partition coefficient (Wildman–Crippen LogP) is 0.571. The van der Waals surface area contributed by atoms with Gasteiger partial charge in [-0.1, -0.05) is 11.6 Å². The van der Waals surface area contributed by atoms with Crippen molar-refractivity contribution in [3.8, 4) is 0 Å². The Bertz CT molecular complexity index is 443. The van der Waals surface area contributed by atoms with Crippen molar-refractivity contribution < 1.29 is 9.59 Å². The molecule has 0 saturated carbocycles. The average Bonchev–Trinajstić information content (AvgIpc) is 2.20. The molecule has 0 saturated heterocycles. The third-order valence-electron chi connectivity index (χ3n) is 2.34. The number of amides is 2. The molecule has 0 fully saturated rings. The van der Waals surface area contributed by atoms with Crippen molar-refractivity contribution in [1.29, 1.82) is 0 Å². The van der Waals surface area contributed by atoms with Gasteiger partial charge >= 0.3 is 0 Å². The first-order chi connectivity index (χ1) is 7.90. The zero-order valence-electron chi connectivity index (χ0n) is 9.99. The summed E-state index contributed by atoms with van der Waals surface area (Å²) in [6.45, 7) is 3.59. The number of rotatable bonds is 4. The van der Waals surface area contributed by atoms with Gasteiger partial charge < -0.3 is 16.8 Å². The SMILES string of the molecule is Cc1ccc(N)c(C(=O)NC(C)CC(N)=O)c1. The molecule has 0 bridgehead atoms. The predicted molar refractivity (Wildman–Crippen MR) is 66.3 cm³/mol. The maximum atomic E-state index is 11.9. The minimum absolute atomic E-state index is 0.109. The molecule has 17 heavy (non-hydrogen) atoms. The van der Waals surface area contributed by atoms with E-state index < -0.39 is 5.91 Å². The minimum Gasteiger partial charge on any atom is -0.398 e. The number of benzene rings is 1. The quantitative estimate of drug-likeness (QED) is 0.665. The average molecular weight is 235 g/mol. The summed E-state index contributed by atoms with van der Waals surface area (Å²) in [7, 11) is 0. The molecular weight excluding hydrogens is 218 g/mol. The Hall–Kier alpha value is -2.04. The molecular formula is C12H17N3O2. The van der Waals surface area contributed by atoms with E-state index in [4.69, 9.17) is 11.5 Å². The molecule has 5 heteroatoms. The van der Waals surface area contributed by atoms with Crippen LogP contribution in [0, 0.1) is 6.92 Å². The number of anilines is 1. The summed E-state index contributed by atoms with van der Waals surface area (Å²) >= 11 is 0. The first-order valence-corrected chi connectivity index (χ1v) is 5.35. The Balaban J connectivity index is 2.76. The van der Waals surface area contributed by atoms with Gasteiger partial charge in [0.1, 0.15) is 0 Å². The summed E-state index contributed by atoms with van der Waals surface area (Å²) in [5.74, 6) is -0.741. The molecule has 5 N–H and O–H groups in total. The molecule has 0 aliphatic heterocycles. The Morgan fingerprint density at radius 3 is 2.65 bits per heavy atom. The van der Waals surface area contributed by atoms with Gasteiger partial charge in [-0.15, -0.1) is 0 Å². The lowest BCUT2D eigenvalue weighted by molar-refractivity contribution is -0.118. The summed E-state index contributed by atoms with van der Waals surface area (Å²) < 4.78 is 0. The second-order valence-corrected chi connectivity index (χ2v) is 4.14. The van der Waals surface area contributed by atoms with Crippen LogP contribution in [0.15, 0.2) is 18.2 Å². The maximum Gasteiger partial charge on any atom is 0.253 e. The second kappa shape index (κ2) is 5.34. The highest BCUT2D eigenvalue weighted by molar-refractivity contribution is 5.99. The van der Waals surface area contributed by atoms with Crippen molar-refractivity contribution >= 4 is 17.5 Å². The topological polar surface area (TPSA) is 98.2 Å². The highest BCUT2D eigenvalue weighted by Crippen LogP contribution is 2.13. The van der Waals surface area contributed by atoms with Crippen molar-refractivity contribution in [3.63, 3.8) is 0 Å². The van der Waals surface area contributed by atoms with Gasteiger partial charge in [-0.05, 0) is 26.0 Å². The van der Waals surface area contributed by atoms with E-state index in [9.17, 15) is 9.59 Å². The summed E-state index contributed by atoms with van der Waals surface area (Å²) in [6, 6.07) is 4.92. The minimum atomic E-state index is -0.449. The van der Waals surface area contributed by atoms with Crippen molar-refractivity contribution in [2.24, 2.45) is 5.73 Å². The van der Waals surface area contributed by atoms with Crippen molar-refractivity contribution in [1.82, 2.24) is 5.32 Å². The third-order valence-corrected chi connectivity index (χ3v) is 2.34. The molecule has 0 aliphatic carbocycles. The van der Waals surface area contributed by atoms with E-state index >= 15 is 0 Å². The number of primary amides is 1. The zero-order chi connectivity index (χ0) is 13.0. The number of aryl methyl sites for hydroxylation is 1. The fourth-order valence-electron chi connectivity index (χ4n) is 1.52. The number of nitrogens with two attached hydrogens (primary N) is 2. The molecule has 1 rings (SSSR count). The summed E-state index contributed by atoms with van der Waals surface area (Å²) in [5, 5.41) is 2.68. The maximum absolute atomic E-state index is 11.9. The molecule has 0 radical (unpaired) electrons. The Labute approximate surface area is 100 Å². The highest BCUT2D eigenvalue weighted by Gasteiger charge is 2.13. The van der Waals surface area contributed by atoms with Gasteiger partial charge in [0.25, 0.3) is 5.91 Å². The van der Waals surface area contributed by atoms with Gasteiger partial charge in [0.05, 0.1) is 5.56 Å². The Morgan fingerprint density at radius 1 is 1.41 bits per heavy atom. The van der Waals surface area contributed by atoms with Crippen LogP contribution in [0.25, 0.3) is 0 Å². The molecule has 1 aromatic carbocycles. The molecule has 0 heterocycles. The fourth-order valence-corrected chi connectivity index (χ4v) is 1.52. The van der Waals surface area contributed by atoms with E-state index in [1.807, 2.05) is 13.0 Å². The summed E-state index contributed by atoms with van der Waals surface area (Å²) in [4.78, 5) is 22.6. The van der Waals surface area contributed by atoms with Crippen molar-refractivity contribution in [2.45, 2.75) is 26.3 Å². The molecule has 1 unspecified atom stereocenters. The summed E-state index contributed by atoms with van der Waals surface area (Å²) in [5.41, 5.74) is 12.5. The van der Waals surface area contributed by atoms with Crippen molar-refractivity contribution in [3.05, 3.63) is 29.3 Å². The highest BCUT2D eigenvalue weighted by atomic mass is 16.2. The fraction of sp³-hybridized carbons (Fsp3) is 0.333. The number of hydrogen-bond donors (Lipinski definition) is 3. The Morgan fingerprint density at radius 2 is 2.06 bits per heavy atom. The first-order valence-electron chi connectivity index (χ1n) is 5.35. The van der Waals surface area contributed by atoms with Gasteiger partial charge in [0, 0.05) is 18.2 Å². The molecule has 5 nitrogen and oxygen atoms in total. The van der Waals surface area contributed by atoms with Gasteiger partial charge in [0.15, 0.2) is 0 Å². The number of nitrogen functional groups attached to an aromatic ring is 1. The van der Waals surface area contributed by atoms with Gasteiger partial charge in [0.2, 0.25) is 5.91 Å². The normalized spacial score (nSPS) is 11.9. The molecule has 1 atom stereocenters. The second-order valence-electron chi connectivity index (χ2n) is 4.14. The van der Waals surface area contributed by atoms with Crippen LogP contribution in [0.5, 0.6) is 0 Å². The van der Waals surface area contributed by atoms with E-state index in [2.05, 4.69) is 5.32 Å². The van der Waals surface area contributed by atoms with E-state index in [-0.39, 0.29) is 18.4 Å². The molecule has 2 amide bonds. The van der Waals surface area contributed by atoms with Gasteiger partial charge in [-0.2, -0.15) is 0 Å². The van der Waals surface area contributed by atoms with Gasteiger partial charge in [-0.25, -0.2) is 0 Å². The van der Waals surface area contributed by atoms with Crippen LogP contribution in [-0.2, 0) is 4.79 Å². The van der Waals surface area contributed by atoms with Crippen LogP contribution in [0.4, 0.5) is 5.69 Å². The summed E-state index contributed by atoms with van der Waals surface area (Å²) in [6.07, 6.45) is 0.109. The zero-order valence-corrected chi connectivity index (χ0v) is 9.99.